The third kappa shape index (κ3) is 4.19. The van der Waals surface area contributed by atoms with Crippen molar-refractivity contribution in [1.82, 2.24) is 10.2 Å². The second-order valence-corrected chi connectivity index (χ2v) is 6.88. The van der Waals surface area contributed by atoms with Crippen LogP contribution in [0.5, 0.6) is 0 Å². The highest BCUT2D eigenvalue weighted by Crippen LogP contribution is 2.29. The van der Waals surface area contributed by atoms with E-state index in [1.54, 1.807) is 31.2 Å². The van der Waals surface area contributed by atoms with E-state index in [0.29, 0.717) is 11.3 Å². The lowest BCUT2D eigenvalue weighted by Crippen LogP contribution is -2.22. The first kappa shape index (κ1) is 16.3. The second-order valence-electron chi connectivity index (χ2n) is 4.31. The summed E-state index contributed by atoms with van der Waals surface area (Å²) in [6.07, 6.45) is 0. The lowest BCUT2D eigenvalue weighted by Gasteiger charge is -2.11. The SMILES string of the molecule is CCNc1nnc(SC(C)C(=O)Nc2ccccc2C#N)s1. The molecule has 2 aromatic rings. The van der Waals surface area contributed by atoms with Crippen LogP contribution in [-0.2, 0) is 4.79 Å². The van der Waals surface area contributed by atoms with E-state index in [1.807, 2.05) is 6.92 Å². The summed E-state index contributed by atoms with van der Waals surface area (Å²) < 4.78 is 0.729. The molecular weight excluding hydrogens is 318 g/mol. The van der Waals surface area contributed by atoms with Gasteiger partial charge in [0.05, 0.1) is 16.5 Å². The van der Waals surface area contributed by atoms with Crippen molar-refractivity contribution in [3.8, 4) is 6.07 Å². The molecule has 1 aromatic heterocycles. The van der Waals surface area contributed by atoms with Gasteiger partial charge in [-0.05, 0) is 26.0 Å². The highest BCUT2D eigenvalue weighted by molar-refractivity contribution is 8.02. The van der Waals surface area contributed by atoms with Gasteiger partial charge in [0.1, 0.15) is 6.07 Å². The normalized spacial score (nSPS) is 11.5. The van der Waals surface area contributed by atoms with Crippen LogP contribution in [0.2, 0.25) is 0 Å². The highest BCUT2D eigenvalue weighted by atomic mass is 32.2. The predicted octanol–water partition coefficient (Wildman–Crippen LogP) is 2.96. The summed E-state index contributed by atoms with van der Waals surface area (Å²) >= 11 is 2.76. The molecule has 2 N–H and O–H groups in total. The molecule has 1 heterocycles. The fraction of sp³-hybridized carbons (Fsp3) is 0.286. The third-order valence-electron chi connectivity index (χ3n) is 2.69. The number of amides is 1. The molecule has 1 aromatic carbocycles. The van der Waals surface area contributed by atoms with E-state index in [-0.39, 0.29) is 11.2 Å². The average molecular weight is 333 g/mol. The third-order valence-corrected chi connectivity index (χ3v) is 4.75. The summed E-state index contributed by atoms with van der Waals surface area (Å²) in [5.74, 6) is -0.173. The molecule has 0 saturated carbocycles. The van der Waals surface area contributed by atoms with E-state index < -0.39 is 0 Å². The molecule has 8 heteroatoms. The number of thioether (sulfide) groups is 1. The number of carbonyl (C=O) groups is 1. The topological polar surface area (TPSA) is 90.7 Å². The summed E-state index contributed by atoms with van der Waals surface area (Å²) in [5, 5.41) is 23.3. The molecule has 0 saturated heterocycles. The minimum atomic E-state index is -0.339. The Hall–Kier alpha value is -2.11. The van der Waals surface area contributed by atoms with Crippen LogP contribution in [0.15, 0.2) is 28.6 Å². The van der Waals surface area contributed by atoms with Crippen LogP contribution in [-0.4, -0.2) is 27.9 Å². The van der Waals surface area contributed by atoms with Gasteiger partial charge in [0.25, 0.3) is 0 Å². The van der Waals surface area contributed by atoms with Gasteiger partial charge in [-0.2, -0.15) is 5.26 Å². The van der Waals surface area contributed by atoms with Crippen molar-refractivity contribution in [3.63, 3.8) is 0 Å². The van der Waals surface area contributed by atoms with Gasteiger partial charge in [-0.3, -0.25) is 4.79 Å². The van der Waals surface area contributed by atoms with Crippen LogP contribution < -0.4 is 10.6 Å². The van der Waals surface area contributed by atoms with Crippen molar-refractivity contribution in [2.75, 3.05) is 17.2 Å². The van der Waals surface area contributed by atoms with Gasteiger partial charge in [0.15, 0.2) is 4.34 Å². The van der Waals surface area contributed by atoms with Crippen LogP contribution in [0.25, 0.3) is 0 Å². The summed E-state index contributed by atoms with van der Waals surface area (Å²) in [7, 11) is 0. The number of anilines is 2. The smallest absolute Gasteiger partial charge is 0.237 e. The molecule has 1 atom stereocenters. The molecule has 1 amide bonds. The van der Waals surface area contributed by atoms with Crippen LogP contribution in [0.3, 0.4) is 0 Å². The minimum absolute atomic E-state index is 0.173. The first-order valence-electron chi connectivity index (χ1n) is 6.68. The summed E-state index contributed by atoms with van der Waals surface area (Å²) in [5.41, 5.74) is 0.964. The number of nitrogens with zero attached hydrogens (tertiary/aromatic N) is 3. The van der Waals surface area contributed by atoms with Crippen molar-refractivity contribution >= 4 is 39.8 Å². The molecule has 0 aliphatic carbocycles. The number of hydrogen-bond acceptors (Lipinski definition) is 7. The van der Waals surface area contributed by atoms with Crippen molar-refractivity contribution in [2.24, 2.45) is 0 Å². The van der Waals surface area contributed by atoms with E-state index in [9.17, 15) is 4.79 Å². The Morgan fingerprint density at radius 2 is 2.23 bits per heavy atom. The maximum absolute atomic E-state index is 12.2. The van der Waals surface area contributed by atoms with Gasteiger partial charge >= 0.3 is 0 Å². The largest absolute Gasteiger partial charge is 0.360 e. The zero-order valence-electron chi connectivity index (χ0n) is 12.2. The zero-order chi connectivity index (χ0) is 15.9. The standard InChI is InChI=1S/C14H15N5OS2/c1-3-16-13-18-19-14(22-13)21-9(2)12(20)17-11-7-5-4-6-10(11)8-15/h4-7,9H,3H2,1-2H3,(H,16,18)(H,17,20). The molecule has 114 valence electrons. The molecule has 0 bridgehead atoms. The molecule has 0 fully saturated rings. The maximum atomic E-state index is 12.2. The number of nitrogens with one attached hydrogen (secondary N) is 2. The first-order valence-corrected chi connectivity index (χ1v) is 8.37. The fourth-order valence-corrected chi connectivity index (χ4v) is 3.57. The van der Waals surface area contributed by atoms with Crippen LogP contribution >= 0.6 is 23.1 Å². The van der Waals surface area contributed by atoms with Gasteiger partial charge in [-0.1, -0.05) is 35.2 Å². The first-order chi connectivity index (χ1) is 10.6. The number of para-hydroxylation sites is 1. The number of carbonyl (C=O) groups excluding carboxylic acids is 1. The average Bonchev–Trinajstić information content (AvgIpc) is 2.95. The molecule has 0 spiro atoms. The van der Waals surface area contributed by atoms with E-state index in [0.717, 1.165) is 16.0 Å². The van der Waals surface area contributed by atoms with E-state index in [1.165, 1.54) is 23.1 Å². The molecule has 0 aliphatic rings. The highest BCUT2D eigenvalue weighted by Gasteiger charge is 2.18. The van der Waals surface area contributed by atoms with Gasteiger partial charge in [0.2, 0.25) is 11.0 Å². The second kappa shape index (κ2) is 7.77. The van der Waals surface area contributed by atoms with Crippen LogP contribution in [0, 0.1) is 11.3 Å². The minimum Gasteiger partial charge on any atom is -0.360 e. The maximum Gasteiger partial charge on any atom is 0.237 e. The zero-order valence-corrected chi connectivity index (χ0v) is 13.8. The molecule has 6 nitrogen and oxygen atoms in total. The molecule has 1 unspecified atom stereocenters. The van der Waals surface area contributed by atoms with Gasteiger partial charge in [-0.15, -0.1) is 10.2 Å². The van der Waals surface area contributed by atoms with Crippen molar-refractivity contribution in [2.45, 2.75) is 23.4 Å². The Labute approximate surface area is 137 Å². The summed E-state index contributed by atoms with van der Waals surface area (Å²) in [6, 6.07) is 8.97. The molecule has 0 radical (unpaired) electrons. The van der Waals surface area contributed by atoms with Crippen molar-refractivity contribution in [3.05, 3.63) is 29.8 Å². The Morgan fingerprint density at radius 1 is 1.45 bits per heavy atom. The Balaban J connectivity index is 1.98. The number of nitriles is 1. The van der Waals surface area contributed by atoms with Crippen LogP contribution in [0.1, 0.15) is 19.4 Å². The van der Waals surface area contributed by atoms with Crippen LogP contribution in [0.4, 0.5) is 10.8 Å². The quantitative estimate of drug-likeness (QED) is 0.790. The van der Waals surface area contributed by atoms with Crippen molar-refractivity contribution in [1.29, 1.82) is 5.26 Å². The van der Waals surface area contributed by atoms with E-state index >= 15 is 0 Å². The lowest BCUT2D eigenvalue weighted by molar-refractivity contribution is -0.115. The lowest BCUT2D eigenvalue weighted by atomic mass is 10.2. The number of benzene rings is 1. The molecule has 2 rings (SSSR count). The number of aromatic nitrogens is 2. The monoisotopic (exact) mass is 333 g/mol. The summed E-state index contributed by atoms with van der Waals surface area (Å²) in [4.78, 5) is 12.2. The fourth-order valence-electron chi connectivity index (χ4n) is 1.61. The molecular formula is C14H15N5OS2. The number of hydrogen-bond donors (Lipinski definition) is 2. The van der Waals surface area contributed by atoms with E-state index in [4.69, 9.17) is 5.26 Å². The van der Waals surface area contributed by atoms with Gasteiger partial charge < -0.3 is 10.6 Å². The Kier molecular flexibility index (Phi) is 5.75. The Morgan fingerprint density at radius 3 is 2.95 bits per heavy atom. The number of rotatable bonds is 6. The van der Waals surface area contributed by atoms with Crippen molar-refractivity contribution < 1.29 is 4.79 Å². The summed E-state index contributed by atoms with van der Waals surface area (Å²) in [6.45, 7) is 4.56. The Bertz CT molecular complexity index is 695. The van der Waals surface area contributed by atoms with Gasteiger partial charge in [-0.25, -0.2) is 0 Å². The predicted molar refractivity (Wildman–Crippen MR) is 89.2 cm³/mol. The molecule has 22 heavy (non-hydrogen) atoms. The molecule has 0 aliphatic heterocycles. The van der Waals surface area contributed by atoms with Gasteiger partial charge in [0, 0.05) is 6.54 Å². The van der Waals surface area contributed by atoms with E-state index in [2.05, 4.69) is 26.9 Å².